The average molecular weight is 313 g/mol. The Kier molecular flexibility index (Phi) is 8.62. The van der Waals surface area contributed by atoms with Gasteiger partial charge >= 0.3 is 0 Å². The van der Waals surface area contributed by atoms with Gasteiger partial charge < -0.3 is 10.2 Å². The number of halogens is 1. The van der Waals surface area contributed by atoms with Gasteiger partial charge in [-0.2, -0.15) is 0 Å². The van der Waals surface area contributed by atoms with Crippen LogP contribution in [0.3, 0.4) is 0 Å². The fraction of sp³-hybridized carbons (Fsp3) is 0.750. The normalized spacial score (nSPS) is 12.7. The SMILES string of the molecule is CCCc1c(Cl)ncnc1NC(C)CCCN(CC)CC. The Morgan fingerprint density at radius 3 is 2.57 bits per heavy atom. The van der Waals surface area contributed by atoms with Crippen molar-refractivity contribution in [1.29, 1.82) is 0 Å². The van der Waals surface area contributed by atoms with Gasteiger partial charge in [0.05, 0.1) is 0 Å². The molecule has 21 heavy (non-hydrogen) atoms. The third-order valence-electron chi connectivity index (χ3n) is 3.78. The van der Waals surface area contributed by atoms with Crippen molar-refractivity contribution in [2.75, 3.05) is 25.0 Å². The van der Waals surface area contributed by atoms with Crippen LogP contribution in [0.4, 0.5) is 5.82 Å². The predicted molar refractivity (Wildman–Crippen MR) is 91.1 cm³/mol. The molecule has 0 fully saturated rings. The van der Waals surface area contributed by atoms with Crippen molar-refractivity contribution in [2.45, 2.75) is 59.4 Å². The number of nitrogens with zero attached hydrogens (tertiary/aromatic N) is 3. The summed E-state index contributed by atoms with van der Waals surface area (Å²) in [5, 5.41) is 4.07. The highest BCUT2D eigenvalue weighted by molar-refractivity contribution is 6.30. The first kappa shape index (κ1) is 18.2. The number of hydrogen-bond donors (Lipinski definition) is 1. The van der Waals surface area contributed by atoms with Crippen LogP contribution < -0.4 is 5.32 Å². The van der Waals surface area contributed by atoms with Gasteiger partial charge in [-0.05, 0) is 45.8 Å². The molecule has 0 aromatic carbocycles. The van der Waals surface area contributed by atoms with Gasteiger partial charge in [-0.1, -0.05) is 38.8 Å². The van der Waals surface area contributed by atoms with Crippen LogP contribution in [-0.4, -0.2) is 40.5 Å². The van der Waals surface area contributed by atoms with Crippen LogP contribution in [-0.2, 0) is 6.42 Å². The molecule has 120 valence electrons. The van der Waals surface area contributed by atoms with Crippen LogP contribution in [0.2, 0.25) is 5.15 Å². The Morgan fingerprint density at radius 2 is 1.95 bits per heavy atom. The van der Waals surface area contributed by atoms with Crippen LogP contribution in [0.1, 0.15) is 52.5 Å². The lowest BCUT2D eigenvalue weighted by molar-refractivity contribution is 0.295. The van der Waals surface area contributed by atoms with Gasteiger partial charge in [0.25, 0.3) is 0 Å². The number of aromatic nitrogens is 2. The van der Waals surface area contributed by atoms with Gasteiger partial charge in [0.15, 0.2) is 0 Å². The van der Waals surface area contributed by atoms with E-state index in [0.29, 0.717) is 11.2 Å². The molecule has 1 aromatic heterocycles. The van der Waals surface area contributed by atoms with Crippen LogP contribution in [0.25, 0.3) is 0 Å². The molecule has 4 nitrogen and oxygen atoms in total. The van der Waals surface area contributed by atoms with E-state index in [2.05, 4.69) is 47.9 Å². The topological polar surface area (TPSA) is 41.1 Å². The van der Waals surface area contributed by atoms with Crippen molar-refractivity contribution in [1.82, 2.24) is 14.9 Å². The smallest absolute Gasteiger partial charge is 0.137 e. The molecule has 0 aliphatic rings. The first-order chi connectivity index (χ1) is 10.1. The minimum Gasteiger partial charge on any atom is -0.367 e. The number of hydrogen-bond acceptors (Lipinski definition) is 4. The Bertz CT molecular complexity index is 407. The summed E-state index contributed by atoms with van der Waals surface area (Å²) in [5.74, 6) is 0.896. The minimum absolute atomic E-state index is 0.391. The van der Waals surface area contributed by atoms with Crippen molar-refractivity contribution in [3.63, 3.8) is 0 Å². The second-order valence-corrected chi connectivity index (χ2v) is 5.81. The van der Waals surface area contributed by atoms with Crippen LogP contribution in [0.15, 0.2) is 6.33 Å². The van der Waals surface area contributed by atoms with Crippen molar-refractivity contribution in [3.05, 3.63) is 17.0 Å². The molecule has 1 rings (SSSR count). The molecule has 1 unspecified atom stereocenters. The summed E-state index contributed by atoms with van der Waals surface area (Å²) in [7, 11) is 0. The van der Waals surface area contributed by atoms with E-state index in [1.807, 2.05) is 0 Å². The third kappa shape index (κ3) is 6.18. The van der Waals surface area contributed by atoms with Crippen molar-refractivity contribution >= 4 is 17.4 Å². The molecule has 0 bridgehead atoms. The van der Waals surface area contributed by atoms with Gasteiger partial charge in [0.2, 0.25) is 0 Å². The molecule has 0 saturated heterocycles. The molecular formula is C16H29ClN4. The zero-order chi connectivity index (χ0) is 15.7. The summed E-state index contributed by atoms with van der Waals surface area (Å²) in [6.07, 6.45) is 5.81. The van der Waals surface area contributed by atoms with Crippen LogP contribution >= 0.6 is 11.6 Å². The zero-order valence-corrected chi connectivity index (χ0v) is 14.6. The fourth-order valence-corrected chi connectivity index (χ4v) is 2.68. The Balaban J connectivity index is 2.51. The molecule has 0 spiro atoms. The van der Waals surface area contributed by atoms with Crippen molar-refractivity contribution in [2.24, 2.45) is 0 Å². The van der Waals surface area contributed by atoms with E-state index in [1.165, 1.54) is 12.7 Å². The van der Waals surface area contributed by atoms with Crippen LogP contribution in [0.5, 0.6) is 0 Å². The van der Waals surface area contributed by atoms with E-state index in [4.69, 9.17) is 11.6 Å². The summed E-state index contributed by atoms with van der Waals surface area (Å²) in [6.45, 7) is 12.2. The Labute approximate surface area is 134 Å². The van der Waals surface area contributed by atoms with Crippen molar-refractivity contribution < 1.29 is 0 Å². The first-order valence-corrected chi connectivity index (χ1v) is 8.48. The van der Waals surface area contributed by atoms with E-state index in [1.54, 1.807) is 0 Å². The minimum atomic E-state index is 0.391. The summed E-state index contributed by atoms with van der Waals surface area (Å²) >= 11 is 6.18. The Morgan fingerprint density at radius 1 is 1.24 bits per heavy atom. The van der Waals surface area contributed by atoms with Gasteiger partial charge in [0.1, 0.15) is 17.3 Å². The largest absolute Gasteiger partial charge is 0.367 e. The van der Waals surface area contributed by atoms with Gasteiger partial charge in [-0.3, -0.25) is 0 Å². The highest BCUT2D eigenvalue weighted by Crippen LogP contribution is 2.22. The number of anilines is 1. The molecular weight excluding hydrogens is 284 g/mol. The lowest BCUT2D eigenvalue weighted by Gasteiger charge is -2.21. The van der Waals surface area contributed by atoms with Gasteiger partial charge in [0, 0.05) is 11.6 Å². The molecule has 0 saturated carbocycles. The molecule has 5 heteroatoms. The monoisotopic (exact) mass is 312 g/mol. The highest BCUT2D eigenvalue weighted by Gasteiger charge is 2.11. The fourth-order valence-electron chi connectivity index (χ4n) is 2.45. The van der Waals surface area contributed by atoms with Gasteiger partial charge in [-0.25, -0.2) is 9.97 Å². The van der Waals surface area contributed by atoms with E-state index in [0.717, 1.165) is 50.3 Å². The second kappa shape index (κ2) is 9.96. The predicted octanol–water partition coefficient (Wildman–Crippen LogP) is 4.00. The Hall–Kier alpha value is -0.870. The molecule has 0 aliphatic carbocycles. The van der Waals surface area contributed by atoms with Crippen LogP contribution in [0, 0.1) is 0 Å². The maximum Gasteiger partial charge on any atom is 0.137 e. The molecule has 1 N–H and O–H groups in total. The summed E-state index contributed by atoms with van der Waals surface area (Å²) in [6, 6.07) is 0.391. The standard InChI is InChI=1S/C16H29ClN4/c1-5-9-14-15(17)18-12-19-16(14)20-13(4)10-8-11-21(6-2)7-3/h12-13H,5-11H2,1-4H3,(H,18,19,20). The van der Waals surface area contributed by atoms with E-state index >= 15 is 0 Å². The van der Waals surface area contributed by atoms with E-state index < -0.39 is 0 Å². The summed E-state index contributed by atoms with van der Waals surface area (Å²) < 4.78 is 0. The molecule has 0 amide bonds. The zero-order valence-electron chi connectivity index (χ0n) is 13.8. The second-order valence-electron chi connectivity index (χ2n) is 5.46. The van der Waals surface area contributed by atoms with E-state index in [9.17, 15) is 0 Å². The first-order valence-electron chi connectivity index (χ1n) is 8.10. The third-order valence-corrected chi connectivity index (χ3v) is 4.11. The molecule has 1 atom stereocenters. The highest BCUT2D eigenvalue weighted by atomic mass is 35.5. The molecule has 1 heterocycles. The van der Waals surface area contributed by atoms with E-state index in [-0.39, 0.29) is 0 Å². The van der Waals surface area contributed by atoms with Crippen molar-refractivity contribution in [3.8, 4) is 0 Å². The molecule has 0 radical (unpaired) electrons. The summed E-state index contributed by atoms with van der Waals surface area (Å²) in [4.78, 5) is 10.9. The maximum atomic E-state index is 6.18. The maximum absolute atomic E-state index is 6.18. The molecule has 0 aliphatic heterocycles. The average Bonchev–Trinajstić information content (AvgIpc) is 2.47. The quantitative estimate of drug-likeness (QED) is 0.663. The molecule has 1 aromatic rings. The van der Waals surface area contributed by atoms with Gasteiger partial charge in [-0.15, -0.1) is 0 Å². The number of nitrogens with one attached hydrogen (secondary N) is 1. The summed E-state index contributed by atoms with van der Waals surface area (Å²) in [5.41, 5.74) is 1.04. The lowest BCUT2D eigenvalue weighted by Crippen LogP contribution is -2.26. The lowest BCUT2D eigenvalue weighted by atomic mass is 10.1. The number of rotatable bonds is 10.